The molecule has 0 amide bonds. The molecule has 0 fully saturated rings. The zero-order valence-electron chi connectivity index (χ0n) is 11.1. The standard InChI is InChI=1S/C13H15N3O4/c1-18-8-9-19-12(17)6-5-11-15-13(16-20-11)10-4-2-3-7-14-10/h2-4,7H,5-6,8-9H2,1H3. The van der Waals surface area contributed by atoms with Crippen LogP contribution in [0.4, 0.5) is 0 Å². The van der Waals surface area contributed by atoms with Crippen LogP contribution in [0.2, 0.25) is 0 Å². The molecule has 0 unspecified atom stereocenters. The molecule has 20 heavy (non-hydrogen) atoms. The Balaban J connectivity index is 1.83. The van der Waals surface area contributed by atoms with E-state index >= 15 is 0 Å². The Morgan fingerprint density at radius 1 is 1.35 bits per heavy atom. The van der Waals surface area contributed by atoms with E-state index in [0.717, 1.165) is 0 Å². The normalized spacial score (nSPS) is 10.4. The smallest absolute Gasteiger partial charge is 0.306 e. The molecule has 2 rings (SSSR count). The van der Waals surface area contributed by atoms with Crippen LogP contribution in [0.3, 0.4) is 0 Å². The Hall–Kier alpha value is -2.28. The molecule has 7 heteroatoms. The monoisotopic (exact) mass is 277 g/mol. The van der Waals surface area contributed by atoms with Crippen LogP contribution < -0.4 is 0 Å². The third kappa shape index (κ3) is 4.13. The Morgan fingerprint density at radius 2 is 2.25 bits per heavy atom. The van der Waals surface area contributed by atoms with E-state index in [9.17, 15) is 4.79 Å². The molecule has 0 bridgehead atoms. The Labute approximate surface area is 115 Å². The predicted octanol–water partition coefficient (Wildman–Crippen LogP) is 1.25. The van der Waals surface area contributed by atoms with Gasteiger partial charge in [-0.3, -0.25) is 9.78 Å². The lowest BCUT2D eigenvalue weighted by Crippen LogP contribution is -2.10. The Kier molecular flexibility index (Phi) is 5.19. The summed E-state index contributed by atoms with van der Waals surface area (Å²) in [6.07, 6.45) is 2.18. The molecular weight excluding hydrogens is 262 g/mol. The molecule has 0 aliphatic rings. The maximum atomic E-state index is 11.4. The van der Waals surface area contributed by atoms with Gasteiger partial charge in [-0.05, 0) is 12.1 Å². The molecule has 0 saturated heterocycles. The van der Waals surface area contributed by atoms with Crippen molar-refractivity contribution >= 4 is 5.97 Å². The van der Waals surface area contributed by atoms with Crippen molar-refractivity contribution < 1.29 is 18.8 Å². The van der Waals surface area contributed by atoms with Crippen LogP contribution in [0.15, 0.2) is 28.9 Å². The maximum Gasteiger partial charge on any atom is 0.306 e. The van der Waals surface area contributed by atoms with Gasteiger partial charge in [0.05, 0.1) is 13.0 Å². The highest BCUT2D eigenvalue weighted by Crippen LogP contribution is 2.12. The predicted molar refractivity (Wildman–Crippen MR) is 68.7 cm³/mol. The molecule has 0 aliphatic heterocycles. The number of carbonyl (C=O) groups excluding carboxylic acids is 1. The number of ether oxygens (including phenoxy) is 2. The molecule has 2 heterocycles. The van der Waals surface area contributed by atoms with Crippen molar-refractivity contribution in [2.45, 2.75) is 12.8 Å². The lowest BCUT2D eigenvalue weighted by atomic mass is 10.3. The number of hydrogen-bond acceptors (Lipinski definition) is 7. The van der Waals surface area contributed by atoms with E-state index in [4.69, 9.17) is 14.0 Å². The van der Waals surface area contributed by atoms with E-state index < -0.39 is 0 Å². The topological polar surface area (TPSA) is 87.3 Å². The number of carbonyl (C=O) groups is 1. The zero-order chi connectivity index (χ0) is 14.2. The number of aromatic nitrogens is 3. The van der Waals surface area contributed by atoms with E-state index in [0.29, 0.717) is 30.4 Å². The molecule has 2 aromatic heterocycles. The van der Waals surface area contributed by atoms with E-state index in [1.807, 2.05) is 6.07 Å². The average Bonchev–Trinajstić information content (AvgIpc) is 2.95. The van der Waals surface area contributed by atoms with Gasteiger partial charge in [0.15, 0.2) is 0 Å². The number of hydrogen-bond donors (Lipinski definition) is 0. The number of aryl methyl sites for hydroxylation is 1. The van der Waals surface area contributed by atoms with Crippen molar-refractivity contribution in [3.63, 3.8) is 0 Å². The first-order chi connectivity index (χ1) is 9.79. The van der Waals surface area contributed by atoms with Gasteiger partial charge >= 0.3 is 5.97 Å². The van der Waals surface area contributed by atoms with Crippen molar-refractivity contribution in [2.75, 3.05) is 20.3 Å². The van der Waals surface area contributed by atoms with Crippen molar-refractivity contribution in [3.05, 3.63) is 30.3 Å². The van der Waals surface area contributed by atoms with E-state index in [1.165, 1.54) is 0 Å². The number of methoxy groups -OCH3 is 1. The second kappa shape index (κ2) is 7.34. The van der Waals surface area contributed by atoms with Gasteiger partial charge in [-0.2, -0.15) is 4.98 Å². The third-order valence-electron chi connectivity index (χ3n) is 2.46. The number of rotatable bonds is 7. The summed E-state index contributed by atoms with van der Waals surface area (Å²) in [5.41, 5.74) is 0.630. The minimum absolute atomic E-state index is 0.188. The van der Waals surface area contributed by atoms with Crippen molar-refractivity contribution in [2.24, 2.45) is 0 Å². The Morgan fingerprint density at radius 3 is 3.00 bits per heavy atom. The van der Waals surface area contributed by atoms with Gasteiger partial charge in [-0.1, -0.05) is 11.2 Å². The van der Waals surface area contributed by atoms with E-state index in [1.54, 1.807) is 25.4 Å². The molecule has 106 valence electrons. The molecule has 7 nitrogen and oxygen atoms in total. The second-order valence-electron chi connectivity index (χ2n) is 3.94. The zero-order valence-corrected chi connectivity index (χ0v) is 11.1. The first-order valence-corrected chi connectivity index (χ1v) is 6.18. The van der Waals surface area contributed by atoms with Gasteiger partial charge in [-0.15, -0.1) is 0 Å². The van der Waals surface area contributed by atoms with Crippen molar-refractivity contribution in [1.82, 2.24) is 15.1 Å². The largest absolute Gasteiger partial charge is 0.463 e. The fourth-order valence-corrected chi connectivity index (χ4v) is 1.48. The minimum atomic E-state index is -0.320. The summed E-state index contributed by atoms with van der Waals surface area (Å²) < 4.78 is 14.8. The molecular formula is C13H15N3O4. The summed E-state index contributed by atoms with van der Waals surface area (Å²) >= 11 is 0. The molecule has 0 radical (unpaired) electrons. The van der Waals surface area contributed by atoms with E-state index in [-0.39, 0.29) is 19.0 Å². The summed E-state index contributed by atoms with van der Waals surface area (Å²) in [7, 11) is 1.55. The fraction of sp³-hybridized carbons (Fsp3) is 0.385. The molecule has 2 aromatic rings. The van der Waals surface area contributed by atoms with Crippen LogP contribution in [0.1, 0.15) is 12.3 Å². The van der Waals surface area contributed by atoms with Gasteiger partial charge in [-0.25, -0.2) is 0 Å². The van der Waals surface area contributed by atoms with Crippen LogP contribution in [-0.4, -0.2) is 41.4 Å². The minimum Gasteiger partial charge on any atom is -0.463 e. The molecule has 0 aromatic carbocycles. The van der Waals surface area contributed by atoms with Crippen LogP contribution in [0, 0.1) is 0 Å². The van der Waals surface area contributed by atoms with Gasteiger partial charge < -0.3 is 14.0 Å². The highest BCUT2D eigenvalue weighted by atomic mass is 16.6. The molecule has 0 saturated carbocycles. The lowest BCUT2D eigenvalue weighted by Gasteiger charge is -2.01. The van der Waals surface area contributed by atoms with Crippen LogP contribution in [0.5, 0.6) is 0 Å². The summed E-state index contributed by atoms with van der Waals surface area (Å²) in [6.45, 7) is 0.633. The van der Waals surface area contributed by atoms with Crippen LogP contribution in [-0.2, 0) is 20.7 Å². The number of esters is 1. The first kappa shape index (κ1) is 14.1. The number of nitrogens with zero attached hydrogens (tertiary/aromatic N) is 3. The third-order valence-corrected chi connectivity index (χ3v) is 2.46. The lowest BCUT2D eigenvalue weighted by molar-refractivity contribution is -0.144. The first-order valence-electron chi connectivity index (χ1n) is 6.18. The summed E-state index contributed by atoms with van der Waals surface area (Å²) in [5.74, 6) is 0.474. The fourth-order valence-electron chi connectivity index (χ4n) is 1.48. The van der Waals surface area contributed by atoms with Crippen LogP contribution in [0.25, 0.3) is 11.5 Å². The average molecular weight is 277 g/mol. The molecule has 0 aliphatic carbocycles. The molecule has 0 spiro atoms. The van der Waals surface area contributed by atoms with Gasteiger partial charge in [0.25, 0.3) is 0 Å². The van der Waals surface area contributed by atoms with Crippen molar-refractivity contribution in [3.8, 4) is 11.5 Å². The molecule has 0 atom stereocenters. The van der Waals surface area contributed by atoms with Crippen LogP contribution >= 0.6 is 0 Å². The summed E-state index contributed by atoms with van der Waals surface area (Å²) in [4.78, 5) is 19.7. The van der Waals surface area contributed by atoms with Gasteiger partial charge in [0, 0.05) is 19.7 Å². The van der Waals surface area contributed by atoms with Crippen molar-refractivity contribution in [1.29, 1.82) is 0 Å². The summed E-state index contributed by atoms with van der Waals surface area (Å²) in [5, 5.41) is 3.82. The Bertz CT molecular complexity index is 542. The maximum absolute atomic E-state index is 11.4. The highest BCUT2D eigenvalue weighted by molar-refractivity contribution is 5.69. The second-order valence-corrected chi connectivity index (χ2v) is 3.94. The van der Waals surface area contributed by atoms with Gasteiger partial charge in [0.1, 0.15) is 12.3 Å². The highest BCUT2D eigenvalue weighted by Gasteiger charge is 2.11. The molecule has 0 N–H and O–H groups in total. The van der Waals surface area contributed by atoms with Gasteiger partial charge in [0.2, 0.25) is 11.7 Å². The quantitative estimate of drug-likeness (QED) is 0.556. The SMILES string of the molecule is COCCOC(=O)CCc1nc(-c2ccccn2)no1. The summed E-state index contributed by atoms with van der Waals surface area (Å²) in [6, 6.07) is 5.43. The van der Waals surface area contributed by atoms with E-state index in [2.05, 4.69) is 15.1 Å². The number of pyridine rings is 1.